The van der Waals surface area contributed by atoms with Gasteiger partial charge in [0.2, 0.25) is 0 Å². The Morgan fingerprint density at radius 3 is 1.20 bits per heavy atom. The maximum atomic E-state index is 3.97. The summed E-state index contributed by atoms with van der Waals surface area (Å²) in [4.78, 5) is 0. The van der Waals surface area contributed by atoms with Crippen molar-refractivity contribution < 1.29 is 0 Å². The monoisotopic (exact) mass is 668 g/mol. The Labute approximate surface area is 262 Å². The molecule has 0 aliphatic rings. The number of rotatable bonds is 14. The molecule has 0 amide bonds. The number of halogens is 2. The fourth-order valence-electron chi connectivity index (χ4n) is 6.30. The van der Waals surface area contributed by atoms with Crippen LogP contribution in [0.2, 0.25) is 0 Å². The maximum Gasteiger partial charge on any atom is 0.0257 e. The lowest BCUT2D eigenvalue weighted by Gasteiger charge is -2.20. The maximum absolute atomic E-state index is 3.97. The Bertz CT molecular complexity index is 1230. The van der Waals surface area contributed by atoms with Crippen molar-refractivity contribution in [2.45, 2.75) is 120 Å². The molecule has 0 aliphatic heterocycles. The fraction of sp³-hybridized carbons (Fsp3) is 0.579. The second kappa shape index (κ2) is 15.9. The van der Waals surface area contributed by atoms with Gasteiger partial charge in [-0.3, -0.25) is 0 Å². The molecular formula is C38H54Br2. The van der Waals surface area contributed by atoms with Gasteiger partial charge in [-0.2, -0.15) is 0 Å². The second-order valence-electron chi connectivity index (χ2n) is 13.0. The molecule has 0 N–H and O–H groups in total. The van der Waals surface area contributed by atoms with Gasteiger partial charge >= 0.3 is 0 Å². The summed E-state index contributed by atoms with van der Waals surface area (Å²) in [6.07, 6.45) is 12.9. The summed E-state index contributed by atoms with van der Waals surface area (Å²) in [6.45, 7) is 18.2. The quantitative estimate of drug-likeness (QED) is 0.117. The Hall–Kier alpha value is -1.12. The van der Waals surface area contributed by atoms with E-state index < -0.39 is 0 Å². The van der Waals surface area contributed by atoms with Crippen LogP contribution in [0.5, 0.6) is 0 Å². The molecule has 0 radical (unpaired) electrons. The van der Waals surface area contributed by atoms with Gasteiger partial charge in [0, 0.05) is 8.95 Å². The molecule has 2 unspecified atom stereocenters. The Morgan fingerprint density at radius 1 is 0.500 bits per heavy atom. The first-order valence-electron chi connectivity index (χ1n) is 16.2. The molecule has 0 aliphatic carbocycles. The second-order valence-corrected chi connectivity index (χ2v) is 14.8. The zero-order valence-corrected chi connectivity index (χ0v) is 29.8. The molecule has 0 nitrogen and oxygen atoms in total. The highest BCUT2D eigenvalue weighted by molar-refractivity contribution is 9.11. The largest absolute Gasteiger partial charge is 0.0683 e. The van der Waals surface area contributed by atoms with Crippen LogP contribution in [0.15, 0.2) is 45.3 Å². The zero-order chi connectivity index (χ0) is 29.4. The Morgan fingerprint density at radius 2 is 0.850 bits per heavy atom. The van der Waals surface area contributed by atoms with E-state index in [1.165, 1.54) is 104 Å². The van der Waals surface area contributed by atoms with Gasteiger partial charge in [0.1, 0.15) is 0 Å². The fourth-order valence-corrected chi connectivity index (χ4v) is 7.51. The SMILES string of the molecule is CC.CC(C)CCCC(C)CCc1cc(Br)c2ccc3c(CCC(C)CCCC(C)C)cc(Br)c4ccc1c2c43. The van der Waals surface area contributed by atoms with E-state index in [1.54, 1.807) is 0 Å². The Kier molecular flexibility index (Phi) is 13.3. The third-order valence-corrected chi connectivity index (χ3v) is 10.1. The average molecular weight is 671 g/mol. The average Bonchev–Trinajstić information content (AvgIpc) is 2.92. The molecule has 2 atom stereocenters. The van der Waals surface area contributed by atoms with E-state index in [-0.39, 0.29) is 0 Å². The molecule has 0 saturated heterocycles. The highest BCUT2D eigenvalue weighted by Gasteiger charge is 2.18. The summed E-state index contributed by atoms with van der Waals surface area (Å²) in [5, 5.41) is 8.48. The van der Waals surface area contributed by atoms with E-state index in [4.69, 9.17) is 0 Å². The molecule has 4 rings (SSSR count). The van der Waals surface area contributed by atoms with Gasteiger partial charge in [0.05, 0.1) is 0 Å². The van der Waals surface area contributed by atoms with Crippen molar-refractivity contribution in [2.75, 3.05) is 0 Å². The predicted molar refractivity (Wildman–Crippen MR) is 189 cm³/mol. The zero-order valence-electron chi connectivity index (χ0n) is 26.6. The van der Waals surface area contributed by atoms with Crippen molar-refractivity contribution in [1.82, 2.24) is 0 Å². The molecule has 0 aromatic heterocycles. The van der Waals surface area contributed by atoms with Crippen LogP contribution in [-0.4, -0.2) is 0 Å². The number of hydrogen-bond donors (Lipinski definition) is 0. The molecule has 4 aromatic carbocycles. The van der Waals surface area contributed by atoms with Gasteiger partial charge in [-0.05, 0) is 105 Å². The van der Waals surface area contributed by atoms with E-state index in [9.17, 15) is 0 Å². The van der Waals surface area contributed by atoms with Gasteiger partial charge in [0.15, 0.2) is 0 Å². The minimum absolute atomic E-state index is 0.773. The highest BCUT2D eigenvalue weighted by atomic mass is 79.9. The van der Waals surface area contributed by atoms with Crippen molar-refractivity contribution in [3.63, 3.8) is 0 Å². The van der Waals surface area contributed by atoms with Gasteiger partial charge in [-0.1, -0.05) is 150 Å². The summed E-state index contributed by atoms with van der Waals surface area (Å²) in [6, 6.07) is 14.3. The van der Waals surface area contributed by atoms with Crippen LogP contribution in [-0.2, 0) is 12.8 Å². The molecule has 4 aromatic rings. The van der Waals surface area contributed by atoms with E-state index in [0.29, 0.717) is 0 Å². The lowest BCUT2D eigenvalue weighted by molar-refractivity contribution is 0.437. The van der Waals surface area contributed by atoms with Crippen LogP contribution in [0.25, 0.3) is 32.3 Å². The molecule has 0 bridgehead atoms. The molecule has 0 heterocycles. The van der Waals surface area contributed by atoms with Crippen LogP contribution < -0.4 is 0 Å². The number of aryl methyl sites for hydroxylation is 2. The lowest BCUT2D eigenvalue weighted by atomic mass is 9.86. The molecule has 0 spiro atoms. The first kappa shape index (κ1) is 33.4. The summed E-state index contributed by atoms with van der Waals surface area (Å²) in [5.41, 5.74) is 2.99. The van der Waals surface area contributed by atoms with Crippen LogP contribution in [0.3, 0.4) is 0 Å². The Balaban J connectivity index is 0.00000216. The van der Waals surface area contributed by atoms with Crippen LogP contribution >= 0.6 is 31.9 Å². The minimum atomic E-state index is 0.773. The van der Waals surface area contributed by atoms with Crippen molar-refractivity contribution in [3.8, 4) is 0 Å². The normalized spacial score (nSPS) is 13.5. The molecule has 2 heteroatoms. The summed E-state index contributed by atoms with van der Waals surface area (Å²) in [5.74, 6) is 3.17. The van der Waals surface area contributed by atoms with Crippen molar-refractivity contribution >= 4 is 64.2 Å². The topological polar surface area (TPSA) is 0 Å². The van der Waals surface area contributed by atoms with E-state index in [2.05, 4.69) is 110 Å². The van der Waals surface area contributed by atoms with E-state index >= 15 is 0 Å². The number of hydrogen-bond acceptors (Lipinski definition) is 0. The van der Waals surface area contributed by atoms with Gasteiger partial charge in [0.25, 0.3) is 0 Å². The van der Waals surface area contributed by atoms with E-state index in [0.717, 1.165) is 36.5 Å². The summed E-state index contributed by atoms with van der Waals surface area (Å²) in [7, 11) is 0. The van der Waals surface area contributed by atoms with Gasteiger partial charge in [-0.25, -0.2) is 0 Å². The standard InChI is InChI=1S/C36H48Br2.C2H6/c1-23(2)9-7-11-25(5)13-15-27-21-33(37)31-20-18-30-28(16-14-26(6)12-8-10-24(3)4)22-34(38)32-19-17-29(27)35(31)36(30)32;1-2/h17-26H,7-16H2,1-6H3;1-2H3. The lowest BCUT2D eigenvalue weighted by Crippen LogP contribution is -2.01. The molecule has 220 valence electrons. The molecule has 0 saturated carbocycles. The van der Waals surface area contributed by atoms with Gasteiger partial charge < -0.3 is 0 Å². The molecular weight excluding hydrogens is 616 g/mol. The first-order valence-corrected chi connectivity index (χ1v) is 17.8. The smallest absolute Gasteiger partial charge is 0.0257 e. The van der Waals surface area contributed by atoms with E-state index in [1.807, 2.05) is 13.8 Å². The van der Waals surface area contributed by atoms with Gasteiger partial charge in [-0.15, -0.1) is 0 Å². The van der Waals surface area contributed by atoms with Crippen LogP contribution in [0.1, 0.15) is 118 Å². The first-order chi connectivity index (χ1) is 19.2. The minimum Gasteiger partial charge on any atom is -0.0683 e. The third-order valence-electron chi connectivity index (χ3n) is 8.74. The predicted octanol–water partition coefficient (Wildman–Crippen LogP) is 13.9. The van der Waals surface area contributed by atoms with Crippen LogP contribution in [0, 0.1) is 23.7 Å². The van der Waals surface area contributed by atoms with Crippen molar-refractivity contribution in [1.29, 1.82) is 0 Å². The number of benzene rings is 4. The third kappa shape index (κ3) is 8.47. The van der Waals surface area contributed by atoms with Crippen molar-refractivity contribution in [3.05, 3.63) is 56.5 Å². The summed E-state index contributed by atoms with van der Waals surface area (Å²) >= 11 is 7.93. The summed E-state index contributed by atoms with van der Waals surface area (Å²) < 4.78 is 2.48. The van der Waals surface area contributed by atoms with Crippen LogP contribution in [0.4, 0.5) is 0 Å². The molecule has 40 heavy (non-hydrogen) atoms. The van der Waals surface area contributed by atoms with Crippen molar-refractivity contribution in [2.24, 2.45) is 23.7 Å². The highest BCUT2D eigenvalue weighted by Crippen LogP contribution is 2.43. The molecule has 0 fully saturated rings.